The fourth-order valence-electron chi connectivity index (χ4n) is 1.41. The second kappa shape index (κ2) is 3.36. The molecule has 2 rings (SSSR count). The Hall–Kier alpha value is -1.06. The first kappa shape index (κ1) is 8.53. The van der Waals surface area contributed by atoms with Crippen LogP contribution in [0.25, 0.3) is 10.9 Å². The molecule has 3 nitrogen and oxygen atoms in total. The van der Waals surface area contributed by atoms with Gasteiger partial charge in [0.2, 0.25) is 0 Å². The summed E-state index contributed by atoms with van der Waals surface area (Å²) in [5, 5.41) is 8.80. The molecule has 1 heterocycles. The first-order chi connectivity index (χ1) is 6.33. The molecule has 2 aromatic rings. The molecule has 0 saturated carbocycles. The second-order valence-corrected chi connectivity index (χ2v) is 3.28. The maximum atomic E-state index is 6.04. The van der Waals surface area contributed by atoms with Gasteiger partial charge in [-0.2, -0.15) is 5.10 Å². The van der Waals surface area contributed by atoms with Crippen LogP contribution in [-0.2, 0) is 6.42 Å². The van der Waals surface area contributed by atoms with Crippen molar-refractivity contribution in [3.63, 3.8) is 0 Å². The highest BCUT2D eigenvalue weighted by Gasteiger charge is 2.06. The van der Waals surface area contributed by atoms with Gasteiger partial charge in [0.15, 0.2) is 0 Å². The number of nitrogens with zero attached hydrogens (tertiary/aromatic N) is 1. The Morgan fingerprint density at radius 2 is 2.31 bits per heavy atom. The molecule has 0 spiro atoms. The van der Waals surface area contributed by atoms with Gasteiger partial charge in [-0.05, 0) is 18.7 Å². The van der Waals surface area contributed by atoms with Crippen LogP contribution in [0.2, 0.25) is 5.02 Å². The Morgan fingerprint density at radius 3 is 3.08 bits per heavy atom. The molecule has 0 bridgehead atoms. The van der Waals surface area contributed by atoms with Crippen LogP contribution in [0.1, 0.15) is 5.69 Å². The number of hydrogen-bond donors (Lipinski definition) is 2. The van der Waals surface area contributed by atoms with E-state index in [0.717, 1.165) is 28.0 Å². The fraction of sp³-hybridized carbons (Fsp3) is 0.222. The first-order valence-corrected chi connectivity index (χ1v) is 4.52. The number of benzene rings is 1. The average Bonchev–Trinajstić information content (AvgIpc) is 2.51. The molecule has 0 unspecified atom stereocenters. The van der Waals surface area contributed by atoms with Crippen LogP contribution in [-0.4, -0.2) is 16.7 Å². The van der Waals surface area contributed by atoms with Gasteiger partial charge >= 0.3 is 0 Å². The molecule has 3 N–H and O–H groups in total. The summed E-state index contributed by atoms with van der Waals surface area (Å²) in [5.41, 5.74) is 7.39. The van der Waals surface area contributed by atoms with E-state index in [1.165, 1.54) is 0 Å². The molecule has 0 radical (unpaired) electrons. The molecule has 13 heavy (non-hydrogen) atoms. The minimum Gasteiger partial charge on any atom is -0.330 e. The van der Waals surface area contributed by atoms with Crippen LogP contribution in [0.15, 0.2) is 18.2 Å². The molecule has 0 amide bonds. The molecule has 0 saturated heterocycles. The molecule has 0 aliphatic heterocycles. The predicted molar refractivity (Wildman–Crippen MR) is 53.9 cm³/mol. The normalized spacial score (nSPS) is 10.9. The molecule has 1 aromatic heterocycles. The van der Waals surface area contributed by atoms with Crippen molar-refractivity contribution in [2.75, 3.05) is 6.54 Å². The highest BCUT2D eigenvalue weighted by atomic mass is 35.5. The number of aromatic nitrogens is 2. The second-order valence-electron chi connectivity index (χ2n) is 2.87. The summed E-state index contributed by atoms with van der Waals surface area (Å²) < 4.78 is 0. The molecule has 68 valence electrons. The zero-order valence-corrected chi connectivity index (χ0v) is 7.80. The largest absolute Gasteiger partial charge is 0.330 e. The number of H-pyrrole nitrogens is 1. The Labute approximate surface area is 80.9 Å². The zero-order valence-electron chi connectivity index (χ0n) is 7.05. The van der Waals surface area contributed by atoms with Crippen molar-refractivity contribution in [3.8, 4) is 0 Å². The highest BCUT2D eigenvalue weighted by Crippen LogP contribution is 2.24. The van der Waals surface area contributed by atoms with Crippen molar-refractivity contribution in [3.05, 3.63) is 28.9 Å². The molecule has 1 aromatic carbocycles. The SMILES string of the molecule is NCCc1[nH]nc2cccc(Cl)c12. The third-order valence-corrected chi connectivity index (χ3v) is 2.31. The lowest BCUT2D eigenvalue weighted by atomic mass is 10.2. The third-order valence-electron chi connectivity index (χ3n) is 2.00. The van der Waals surface area contributed by atoms with Crippen molar-refractivity contribution >= 4 is 22.5 Å². The van der Waals surface area contributed by atoms with E-state index in [-0.39, 0.29) is 0 Å². The molecular weight excluding hydrogens is 186 g/mol. The van der Waals surface area contributed by atoms with E-state index in [1.54, 1.807) is 0 Å². The summed E-state index contributed by atoms with van der Waals surface area (Å²) in [6.07, 6.45) is 0.778. The van der Waals surface area contributed by atoms with Gasteiger partial charge in [0.25, 0.3) is 0 Å². The van der Waals surface area contributed by atoms with E-state index in [1.807, 2.05) is 18.2 Å². The quantitative estimate of drug-likeness (QED) is 0.767. The maximum absolute atomic E-state index is 6.04. The molecule has 0 aliphatic carbocycles. The molecular formula is C9H10ClN3. The predicted octanol–water partition coefficient (Wildman–Crippen LogP) is 1.72. The summed E-state index contributed by atoms with van der Waals surface area (Å²) in [4.78, 5) is 0. The molecule has 4 heteroatoms. The van der Waals surface area contributed by atoms with Crippen molar-refractivity contribution in [1.29, 1.82) is 0 Å². The topological polar surface area (TPSA) is 54.7 Å². The summed E-state index contributed by atoms with van der Waals surface area (Å²) in [7, 11) is 0. The van der Waals surface area contributed by atoms with Crippen LogP contribution in [0.5, 0.6) is 0 Å². The highest BCUT2D eigenvalue weighted by molar-refractivity contribution is 6.35. The lowest BCUT2D eigenvalue weighted by Crippen LogP contribution is -2.03. The Balaban J connectivity index is 2.64. The van der Waals surface area contributed by atoms with Gasteiger partial charge in [-0.1, -0.05) is 17.7 Å². The van der Waals surface area contributed by atoms with Crippen LogP contribution in [0.4, 0.5) is 0 Å². The minimum atomic E-state index is 0.600. The van der Waals surface area contributed by atoms with E-state index in [0.29, 0.717) is 6.54 Å². The van der Waals surface area contributed by atoms with E-state index >= 15 is 0 Å². The van der Waals surface area contributed by atoms with E-state index in [9.17, 15) is 0 Å². The minimum absolute atomic E-state index is 0.600. The number of hydrogen-bond acceptors (Lipinski definition) is 2. The number of halogens is 1. The van der Waals surface area contributed by atoms with E-state index in [4.69, 9.17) is 17.3 Å². The van der Waals surface area contributed by atoms with Crippen LogP contribution in [0.3, 0.4) is 0 Å². The number of fused-ring (bicyclic) bond motifs is 1. The van der Waals surface area contributed by atoms with Crippen molar-refractivity contribution in [2.45, 2.75) is 6.42 Å². The van der Waals surface area contributed by atoms with Gasteiger partial charge in [-0.3, -0.25) is 5.10 Å². The third kappa shape index (κ3) is 1.41. The van der Waals surface area contributed by atoms with Gasteiger partial charge in [0.1, 0.15) is 0 Å². The summed E-state index contributed by atoms with van der Waals surface area (Å²) in [6.45, 7) is 0.600. The van der Waals surface area contributed by atoms with Crippen molar-refractivity contribution in [1.82, 2.24) is 10.2 Å². The summed E-state index contributed by atoms with van der Waals surface area (Å²) in [5.74, 6) is 0. The lowest BCUT2D eigenvalue weighted by molar-refractivity contribution is 0.909. The summed E-state index contributed by atoms with van der Waals surface area (Å²) in [6, 6.07) is 5.68. The van der Waals surface area contributed by atoms with Crippen molar-refractivity contribution < 1.29 is 0 Å². The van der Waals surface area contributed by atoms with Gasteiger partial charge in [-0.25, -0.2) is 0 Å². The number of nitrogens with two attached hydrogens (primary N) is 1. The van der Waals surface area contributed by atoms with Gasteiger partial charge in [0, 0.05) is 17.5 Å². The van der Waals surface area contributed by atoms with Gasteiger partial charge in [-0.15, -0.1) is 0 Å². The van der Waals surface area contributed by atoms with Crippen LogP contribution >= 0.6 is 11.6 Å². The maximum Gasteiger partial charge on any atom is 0.0938 e. The van der Waals surface area contributed by atoms with Gasteiger partial charge in [0.05, 0.1) is 10.5 Å². The zero-order chi connectivity index (χ0) is 9.26. The van der Waals surface area contributed by atoms with Crippen molar-refractivity contribution in [2.24, 2.45) is 5.73 Å². The smallest absolute Gasteiger partial charge is 0.0938 e. The molecule has 0 atom stereocenters. The molecule has 0 fully saturated rings. The number of nitrogens with one attached hydrogen (secondary N) is 1. The Morgan fingerprint density at radius 1 is 1.46 bits per heavy atom. The lowest BCUT2D eigenvalue weighted by Gasteiger charge is -1.96. The van der Waals surface area contributed by atoms with E-state index in [2.05, 4.69) is 10.2 Å². The van der Waals surface area contributed by atoms with E-state index < -0.39 is 0 Å². The standard InChI is InChI=1S/C9H10ClN3/c10-6-2-1-3-7-9(6)8(4-5-11)13-12-7/h1-3H,4-5,11H2,(H,12,13). The van der Waals surface area contributed by atoms with Crippen LogP contribution in [0, 0.1) is 0 Å². The summed E-state index contributed by atoms with van der Waals surface area (Å²) >= 11 is 6.04. The first-order valence-electron chi connectivity index (χ1n) is 4.14. The molecule has 0 aliphatic rings. The van der Waals surface area contributed by atoms with Crippen LogP contribution < -0.4 is 5.73 Å². The fourth-order valence-corrected chi connectivity index (χ4v) is 1.70. The average molecular weight is 196 g/mol. The number of rotatable bonds is 2. The Kier molecular flexibility index (Phi) is 2.20. The van der Waals surface area contributed by atoms with Gasteiger partial charge < -0.3 is 5.73 Å². The number of aromatic amines is 1. The monoisotopic (exact) mass is 195 g/mol. The Bertz CT molecular complexity index is 422.